The van der Waals surface area contributed by atoms with E-state index in [4.69, 9.17) is 4.74 Å². The van der Waals surface area contributed by atoms with Crippen molar-refractivity contribution >= 4 is 0 Å². The second-order valence-corrected chi connectivity index (χ2v) is 5.00. The Morgan fingerprint density at radius 1 is 1.24 bits per heavy atom. The Bertz CT molecular complexity index is 702. The van der Waals surface area contributed by atoms with Crippen LogP contribution in [0.15, 0.2) is 42.9 Å². The van der Waals surface area contributed by atoms with Crippen molar-refractivity contribution in [3.8, 4) is 17.1 Å². The summed E-state index contributed by atoms with van der Waals surface area (Å²) >= 11 is 0. The van der Waals surface area contributed by atoms with Crippen LogP contribution in [-0.4, -0.2) is 25.0 Å². The largest absolute Gasteiger partial charge is 0.486 e. The topological polar surface area (TPSA) is 68.6 Å². The summed E-state index contributed by atoms with van der Waals surface area (Å²) in [7, 11) is 0. The zero-order valence-corrected chi connectivity index (χ0v) is 12.0. The molecule has 0 atom stereocenters. The van der Waals surface area contributed by atoms with Crippen molar-refractivity contribution in [3.05, 3.63) is 48.5 Å². The van der Waals surface area contributed by atoms with Gasteiger partial charge in [-0.05, 0) is 32.0 Å². The third kappa shape index (κ3) is 2.94. The molecule has 0 aliphatic heterocycles. The number of rotatable bonds is 5. The molecule has 0 saturated heterocycles. The highest BCUT2D eigenvalue weighted by atomic mass is 16.5. The number of para-hydroxylation sites is 1. The van der Waals surface area contributed by atoms with E-state index >= 15 is 0 Å². The van der Waals surface area contributed by atoms with E-state index in [1.807, 2.05) is 41.2 Å². The molecule has 0 radical (unpaired) electrons. The maximum absolute atomic E-state index is 5.88. The number of hydrogen-bond donors (Lipinski definition) is 1. The fourth-order valence-corrected chi connectivity index (χ4v) is 2.02. The Balaban J connectivity index is 1.76. The zero-order chi connectivity index (χ0) is 14.7. The third-order valence-electron chi connectivity index (χ3n) is 3.13. The van der Waals surface area contributed by atoms with E-state index in [0.717, 1.165) is 17.0 Å². The molecule has 2 aromatic heterocycles. The van der Waals surface area contributed by atoms with Crippen molar-refractivity contribution in [1.29, 1.82) is 0 Å². The van der Waals surface area contributed by atoms with Crippen LogP contribution in [0, 0.1) is 0 Å². The van der Waals surface area contributed by atoms with Crippen LogP contribution in [0.2, 0.25) is 0 Å². The van der Waals surface area contributed by atoms with E-state index < -0.39 is 0 Å². The average molecular weight is 283 g/mol. The summed E-state index contributed by atoms with van der Waals surface area (Å²) in [5, 5.41) is 11.2. The standard InChI is InChI=1S/C15H17N5O/c1-11(2)20-8-7-12(19-20)9-21-14-6-4-3-5-13(14)15-16-10-17-18-15/h3-8,10-11H,9H2,1-2H3,(H,16,17,18). The summed E-state index contributed by atoms with van der Waals surface area (Å²) < 4.78 is 7.79. The zero-order valence-electron chi connectivity index (χ0n) is 12.0. The van der Waals surface area contributed by atoms with Gasteiger partial charge < -0.3 is 4.74 Å². The van der Waals surface area contributed by atoms with Gasteiger partial charge in [0.15, 0.2) is 5.82 Å². The Labute approximate surface area is 122 Å². The smallest absolute Gasteiger partial charge is 0.159 e. The summed E-state index contributed by atoms with van der Waals surface area (Å²) in [4.78, 5) is 4.16. The van der Waals surface area contributed by atoms with E-state index in [2.05, 4.69) is 34.1 Å². The maximum Gasteiger partial charge on any atom is 0.159 e. The van der Waals surface area contributed by atoms with Crippen molar-refractivity contribution in [2.45, 2.75) is 26.5 Å². The van der Waals surface area contributed by atoms with Gasteiger partial charge in [0.2, 0.25) is 0 Å². The molecule has 0 spiro atoms. The second kappa shape index (κ2) is 5.78. The first-order valence-electron chi connectivity index (χ1n) is 6.85. The first-order valence-corrected chi connectivity index (χ1v) is 6.85. The lowest BCUT2D eigenvalue weighted by molar-refractivity contribution is 0.300. The van der Waals surface area contributed by atoms with Crippen LogP contribution in [0.1, 0.15) is 25.6 Å². The Kier molecular flexibility index (Phi) is 3.68. The molecule has 0 aliphatic rings. The quantitative estimate of drug-likeness (QED) is 0.781. The van der Waals surface area contributed by atoms with Crippen molar-refractivity contribution in [1.82, 2.24) is 25.0 Å². The number of hydrogen-bond acceptors (Lipinski definition) is 4. The number of H-pyrrole nitrogens is 1. The molecule has 1 N–H and O–H groups in total. The van der Waals surface area contributed by atoms with Crippen LogP contribution in [0.5, 0.6) is 5.75 Å². The van der Waals surface area contributed by atoms with Gasteiger partial charge in [-0.3, -0.25) is 9.78 Å². The van der Waals surface area contributed by atoms with E-state index in [9.17, 15) is 0 Å². The predicted octanol–water partition coefficient (Wildman–Crippen LogP) is 2.83. The van der Waals surface area contributed by atoms with Crippen LogP contribution >= 0.6 is 0 Å². The van der Waals surface area contributed by atoms with Crippen molar-refractivity contribution < 1.29 is 4.74 Å². The van der Waals surface area contributed by atoms with Crippen LogP contribution in [-0.2, 0) is 6.61 Å². The third-order valence-corrected chi connectivity index (χ3v) is 3.13. The van der Waals surface area contributed by atoms with Crippen LogP contribution in [0.25, 0.3) is 11.4 Å². The SMILES string of the molecule is CC(C)n1ccc(COc2ccccc2-c2ncn[nH]2)n1. The van der Waals surface area contributed by atoms with Gasteiger partial charge in [0, 0.05) is 12.2 Å². The van der Waals surface area contributed by atoms with Gasteiger partial charge >= 0.3 is 0 Å². The number of nitrogens with one attached hydrogen (secondary N) is 1. The van der Waals surface area contributed by atoms with Crippen molar-refractivity contribution in [3.63, 3.8) is 0 Å². The summed E-state index contributed by atoms with van der Waals surface area (Å²) in [5.41, 5.74) is 1.79. The fourth-order valence-electron chi connectivity index (χ4n) is 2.02. The fraction of sp³-hybridized carbons (Fsp3) is 0.267. The van der Waals surface area contributed by atoms with E-state index in [-0.39, 0.29) is 0 Å². The number of aromatic amines is 1. The molecule has 0 fully saturated rings. The highest BCUT2D eigenvalue weighted by molar-refractivity contribution is 5.63. The normalized spacial score (nSPS) is 11.0. The molecule has 0 unspecified atom stereocenters. The van der Waals surface area contributed by atoms with Crippen molar-refractivity contribution in [2.75, 3.05) is 0 Å². The Hall–Kier alpha value is -2.63. The molecule has 2 heterocycles. The Morgan fingerprint density at radius 2 is 2.10 bits per heavy atom. The first kappa shape index (κ1) is 13.4. The molecule has 0 aliphatic carbocycles. The van der Waals surface area contributed by atoms with Gasteiger partial charge in [-0.2, -0.15) is 10.2 Å². The number of ether oxygens (including phenoxy) is 1. The highest BCUT2D eigenvalue weighted by Crippen LogP contribution is 2.27. The van der Waals surface area contributed by atoms with Gasteiger partial charge in [-0.15, -0.1) is 0 Å². The first-order chi connectivity index (χ1) is 10.2. The lowest BCUT2D eigenvalue weighted by Gasteiger charge is -2.08. The lowest BCUT2D eigenvalue weighted by Crippen LogP contribution is -2.03. The molecule has 3 rings (SSSR count). The minimum atomic E-state index is 0.347. The molecule has 108 valence electrons. The molecule has 6 nitrogen and oxygen atoms in total. The molecule has 3 aromatic rings. The second-order valence-electron chi connectivity index (χ2n) is 5.00. The number of aromatic nitrogens is 5. The monoisotopic (exact) mass is 283 g/mol. The predicted molar refractivity (Wildman–Crippen MR) is 78.8 cm³/mol. The highest BCUT2D eigenvalue weighted by Gasteiger charge is 2.09. The van der Waals surface area contributed by atoms with Gasteiger partial charge in [-0.1, -0.05) is 12.1 Å². The van der Waals surface area contributed by atoms with E-state index in [0.29, 0.717) is 18.5 Å². The lowest BCUT2D eigenvalue weighted by atomic mass is 10.2. The molecular weight excluding hydrogens is 266 g/mol. The molecular formula is C15H17N5O. The Morgan fingerprint density at radius 3 is 2.81 bits per heavy atom. The summed E-state index contributed by atoms with van der Waals surface area (Å²) in [5.74, 6) is 1.45. The molecule has 6 heteroatoms. The molecule has 0 amide bonds. The minimum Gasteiger partial charge on any atom is -0.486 e. The summed E-state index contributed by atoms with van der Waals surface area (Å²) in [6.45, 7) is 4.61. The van der Waals surface area contributed by atoms with Gasteiger partial charge in [-0.25, -0.2) is 4.98 Å². The van der Waals surface area contributed by atoms with Crippen LogP contribution < -0.4 is 4.74 Å². The average Bonchev–Trinajstić information content (AvgIpc) is 3.17. The van der Waals surface area contributed by atoms with E-state index in [1.54, 1.807) is 0 Å². The number of nitrogens with zero attached hydrogens (tertiary/aromatic N) is 4. The summed E-state index contributed by atoms with van der Waals surface area (Å²) in [6.07, 6.45) is 3.45. The van der Waals surface area contributed by atoms with Gasteiger partial charge in [0.05, 0.1) is 11.3 Å². The molecule has 21 heavy (non-hydrogen) atoms. The minimum absolute atomic E-state index is 0.347. The van der Waals surface area contributed by atoms with Crippen molar-refractivity contribution in [2.24, 2.45) is 0 Å². The van der Waals surface area contributed by atoms with Crippen LogP contribution in [0.3, 0.4) is 0 Å². The molecule has 1 aromatic carbocycles. The molecule has 0 bridgehead atoms. The van der Waals surface area contributed by atoms with Gasteiger partial charge in [0.1, 0.15) is 18.7 Å². The van der Waals surface area contributed by atoms with Gasteiger partial charge in [0.25, 0.3) is 0 Å². The van der Waals surface area contributed by atoms with E-state index in [1.165, 1.54) is 6.33 Å². The number of benzene rings is 1. The maximum atomic E-state index is 5.88. The van der Waals surface area contributed by atoms with Crippen LogP contribution in [0.4, 0.5) is 0 Å². The summed E-state index contributed by atoms with van der Waals surface area (Å²) in [6, 6.07) is 10.1. The molecule has 0 saturated carbocycles.